The summed E-state index contributed by atoms with van der Waals surface area (Å²) in [6.45, 7) is 1.57. The second kappa shape index (κ2) is 6.58. The lowest BCUT2D eigenvalue weighted by molar-refractivity contribution is -0.116. The van der Waals surface area contributed by atoms with Crippen molar-refractivity contribution in [1.29, 1.82) is 0 Å². The molecule has 0 bridgehead atoms. The summed E-state index contributed by atoms with van der Waals surface area (Å²) < 4.78 is 5.66. The highest BCUT2D eigenvalue weighted by molar-refractivity contribution is 8.00. The number of carbonyl (C=O) groups is 1. The van der Waals surface area contributed by atoms with Gasteiger partial charge in [-0.2, -0.15) is 0 Å². The minimum atomic E-state index is -0.342. The van der Waals surface area contributed by atoms with Gasteiger partial charge >= 0.3 is 0 Å². The number of benzene rings is 2. The van der Waals surface area contributed by atoms with Crippen molar-refractivity contribution in [1.82, 2.24) is 10.2 Å². The predicted octanol–water partition coefficient (Wildman–Crippen LogP) is 4.16. The molecular weight excluding hydrogens is 296 g/mol. The van der Waals surface area contributed by atoms with Crippen molar-refractivity contribution in [2.45, 2.75) is 17.4 Å². The summed E-state index contributed by atoms with van der Waals surface area (Å²) in [7, 11) is 0. The largest absolute Gasteiger partial charge is 0.411 e. The average molecular weight is 310 g/mol. The monoisotopic (exact) mass is 310 g/mol. The normalized spacial score (nSPS) is 12.0. The number of hydrogen-bond acceptors (Lipinski definition) is 5. The summed E-state index contributed by atoms with van der Waals surface area (Å²) in [5, 5.41) is 8.13. The fourth-order valence-corrected chi connectivity index (χ4v) is 2.94. The number of hydrogen-bond donors (Lipinski definition) is 0. The molecule has 4 nitrogen and oxygen atoms in total. The van der Waals surface area contributed by atoms with Gasteiger partial charge in [0.15, 0.2) is 0 Å². The number of nitrogens with zero attached hydrogens (tertiary/aromatic N) is 2. The summed E-state index contributed by atoms with van der Waals surface area (Å²) in [4.78, 5) is 11.9. The first-order chi connectivity index (χ1) is 10.7. The van der Waals surface area contributed by atoms with Gasteiger partial charge in [0.2, 0.25) is 5.89 Å². The minimum Gasteiger partial charge on any atom is -0.411 e. The summed E-state index contributed by atoms with van der Waals surface area (Å²) >= 11 is 1.28. The quantitative estimate of drug-likeness (QED) is 0.662. The Hall–Kier alpha value is -2.40. The van der Waals surface area contributed by atoms with E-state index < -0.39 is 0 Å². The first-order valence-corrected chi connectivity index (χ1v) is 7.73. The fraction of sp³-hybridized carbons (Fsp3) is 0.118. The van der Waals surface area contributed by atoms with Crippen molar-refractivity contribution in [2.24, 2.45) is 0 Å². The summed E-state index contributed by atoms with van der Waals surface area (Å²) in [5.41, 5.74) is 1.79. The molecule has 3 aromatic rings. The van der Waals surface area contributed by atoms with Crippen LogP contribution in [0.15, 0.2) is 70.3 Å². The SMILES string of the molecule is CC(=O)[C@@H](Sc1nnc(-c2ccccc2)o1)c1ccccc1. The molecular formula is C17H14N2O2S. The molecule has 0 spiro atoms. The number of carbonyl (C=O) groups excluding carboxylic acids is 1. The zero-order chi connectivity index (χ0) is 15.4. The zero-order valence-corrected chi connectivity index (χ0v) is 12.8. The average Bonchev–Trinajstić information content (AvgIpc) is 3.03. The van der Waals surface area contributed by atoms with Crippen molar-refractivity contribution in [2.75, 3.05) is 0 Å². The minimum absolute atomic E-state index is 0.0515. The van der Waals surface area contributed by atoms with Gasteiger partial charge in [0, 0.05) is 5.56 Å². The molecule has 0 amide bonds. The molecule has 0 aliphatic heterocycles. The van der Waals surface area contributed by atoms with Gasteiger partial charge in [-0.25, -0.2) is 0 Å². The Morgan fingerprint density at radius 3 is 2.27 bits per heavy atom. The number of rotatable bonds is 5. The van der Waals surface area contributed by atoms with Crippen molar-refractivity contribution in [3.05, 3.63) is 66.2 Å². The van der Waals surface area contributed by atoms with Gasteiger partial charge in [-0.1, -0.05) is 48.5 Å². The van der Waals surface area contributed by atoms with Crippen LogP contribution in [0.1, 0.15) is 17.7 Å². The molecule has 2 aromatic carbocycles. The molecule has 0 fully saturated rings. The molecule has 110 valence electrons. The maximum absolute atomic E-state index is 11.9. The van der Waals surface area contributed by atoms with E-state index in [9.17, 15) is 4.79 Å². The summed E-state index contributed by atoms with van der Waals surface area (Å²) in [5.74, 6) is 0.508. The molecule has 1 heterocycles. The Bertz CT molecular complexity index is 757. The Morgan fingerprint density at radius 2 is 1.64 bits per heavy atom. The lowest BCUT2D eigenvalue weighted by atomic mass is 10.1. The van der Waals surface area contributed by atoms with Gasteiger partial charge < -0.3 is 4.42 Å². The molecule has 1 aromatic heterocycles. The number of Topliss-reactive ketones (excluding diaryl/α,β-unsaturated/α-hetero) is 1. The van der Waals surface area contributed by atoms with Crippen LogP contribution >= 0.6 is 11.8 Å². The third kappa shape index (κ3) is 3.26. The molecule has 1 atom stereocenters. The fourth-order valence-electron chi connectivity index (χ4n) is 2.07. The highest BCUT2D eigenvalue weighted by atomic mass is 32.2. The Morgan fingerprint density at radius 1 is 1.00 bits per heavy atom. The van der Waals surface area contributed by atoms with E-state index in [1.165, 1.54) is 11.8 Å². The molecule has 5 heteroatoms. The van der Waals surface area contributed by atoms with Crippen LogP contribution < -0.4 is 0 Å². The zero-order valence-electron chi connectivity index (χ0n) is 12.0. The molecule has 0 saturated carbocycles. The molecule has 0 saturated heterocycles. The van der Waals surface area contributed by atoms with Gasteiger partial charge in [0.25, 0.3) is 5.22 Å². The lowest BCUT2D eigenvalue weighted by Gasteiger charge is -2.10. The number of thioether (sulfide) groups is 1. The maximum Gasteiger partial charge on any atom is 0.277 e. The topological polar surface area (TPSA) is 56.0 Å². The molecule has 0 unspecified atom stereocenters. The summed E-state index contributed by atoms with van der Waals surface area (Å²) in [6, 6.07) is 19.2. The number of ketones is 1. The molecule has 0 aliphatic carbocycles. The van der Waals surface area contributed by atoms with Crippen LogP contribution in [0, 0.1) is 0 Å². The predicted molar refractivity (Wildman–Crippen MR) is 85.5 cm³/mol. The van der Waals surface area contributed by atoms with E-state index >= 15 is 0 Å². The summed E-state index contributed by atoms with van der Waals surface area (Å²) in [6.07, 6.45) is 0. The molecule has 22 heavy (non-hydrogen) atoms. The standard InChI is InChI=1S/C17H14N2O2S/c1-12(20)15(13-8-4-2-5-9-13)22-17-19-18-16(21-17)14-10-6-3-7-11-14/h2-11,15H,1H3/t15-/m1/s1. The van der Waals surface area contributed by atoms with Gasteiger partial charge in [-0.15, -0.1) is 10.2 Å². The Labute approximate surface area is 132 Å². The van der Waals surface area contributed by atoms with Crippen LogP contribution in [-0.4, -0.2) is 16.0 Å². The van der Waals surface area contributed by atoms with Crippen molar-refractivity contribution in [3.63, 3.8) is 0 Å². The van der Waals surface area contributed by atoms with Crippen LogP contribution in [0.2, 0.25) is 0 Å². The van der Waals surface area contributed by atoms with Crippen LogP contribution in [0.4, 0.5) is 0 Å². The molecule has 0 radical (unpaired) electrons. The second-order valence-corrected chi connectivity index (χ2v) is 5.81. The number of aromatic nitrogens is 2. The van der Waals surface area contributed by atoms with E-state index in [4.69, 9.17) is 4.42 Å². The van der Waals surface area contributed by atoms with E-state index in [1.54, 1.807) is 6.92 Å². The van der Waals surface area contributed by atoms with Gasteiger partial charge in [0.05, 0.1) is 5.25 Å². The lowest BCUT2D eigenvalue weighted by Crippen LogP contribution is -2.04. The van der Waals surface area contributed by atoms with Gasteiger partial charge in [0.1, 0.15) is 5.78 Å². The van der Waals surface area contributed by atoms with Gasteiger partial charge in [-0.05, 0) is 36.4 Å². The highest BCUT2D eigenvalue weighted by Crippen LogP contribution is 2.36. The van der Waals surface area contributed by atoms with E-state index in [-0.39, 0.29) is 11.0 Å². The van der Waals surface area contributed by atoms with E-state index in [2.05, 4.69) is 10.2 Å². The van der Waals surface area contributed by atoms with Crippen molar-refractivity contribution in [3.8, 4) is 11.5 Å². The Kier molecular flexibility index (Phi) is 4.34. The highest BCUT2D eigenvalue weighted by Gasteiger charge is 2.21. The van der Waals surface area contributed by atoms with Gasteiger partial charge in [-0.3, -0.25) is 4.79 Å². The van der Waals surface area contributed by atoms with E-state index in [0.717, 1.165) is 11.1 Å². The Balaban J connectivity index is 1.83. The smallest absolute Gasteiger partial charge is 0.277 e. The van der Waals surface area contributed by atoms with Crippen LogP contribution in [0.3, 0.4) is 0 Å². The second-order valence-electron chi connectivity index (χ2n) is 4.76. The van der Waals surface area contributed by atoms with Crippen LogP contribution in [0.25, 0.3) is 11.5 Å². The van der Waals surface area contributed by atoms with Crippen LogP contribution in [-0.2, 0) is 4.79 Å². The first-order valence-electron chi connectivity index (χ1n) is 6.85. The van der Waals surface area contributed by atoms with Crippen molar-refractivity contribution < 1.29 is 9.21 Å². The first kappa shape index (κ1) is 14.5. The van der Waals surface area contributed by atoms with E-state index in [1.807, 2.05) is 60.7 Å². The third-order valence-corrected chi connectivity index (χ3v) is 4.32. The van der Waals surface area contributed by atoms with Crippen LogP contribution in [0.5, 0.6) is 0 Å². The molecule has 0 aliphatic rings. The molecule has 3 rings (SSSR count). The van der Waals surface area contributed by atoms with Crippen molar-refractivity contribution >= 4 is 17.5 Å². The van der Waals surface area contributed by atoms with E-state index in [0.29, 0.717) is 11.1 Å². The molecule has 0 N–H and O–H groups in total. The maximum atomic E-state index is 11.9. The third-order valence-electron chi connectivity index (χ3n) is 3.12.